The first-order valence-electron chi connectivity index (χ1n) is 10.3. The van der Waals surface area contributed by atoms with Crippen LogP contribution in [0.4, 0.5) is 11.5 Å². The summed E-state index contributed by atoms with van der Waals surface area (Å²) in [5.74, 6) is 0.617. The van der Waals surface area contributed by atoms with Crippen molar-refractivity contribution >= 4 is 17.4 Å². The average molecular weight is 419 g/mol. The standard InChI is InChI=1S/C23H25N5O3/c1-3-31-23-26-20(15-21(27-23)28-10-12-30-13-11-28)19-14-18(5-4-16(19)2)25-22(29)17-6-8-24-9-7-17/h4-9,14-15H,3,10-13H2,1-2H3,(H,25,29). The molecule has 1 aliphatic rings. The van der Waals surface area contributed by atoms with Gasteiger partial charge < -0.3 is 19.7 Å². The number of hydrogen-bond donors (Lipinski definition) is 1. The Hall–Kier alpha value is -3.52. The molecule has 0 spiro atoms. The second-order valence-electron chi connectivity index (χ2n) is 7.15. The van der Waals surface area contributed by atoms with Gasteiger partial charge in [0, 0.05) is 48.4 Å². The monoisotopic (exact) mass is 419 g/mol. The molecule has 0 aliphatic carbocycles. The lowest BCUT2D eigenvalue weighted by molar-refractivity contribution is 0.102. The van der Waals surface area contributed by atoms with E-state index in [0.29, 0.717) is 37.1 Å². The van der Waals surface area contributed by atoms with Crippen LogP contribution >= 0.6 is 0 Å². The topological polar surface area (TPSA) is 89.5 Å². The third kappa shape index (κ3) is 4.97. The van der Waals surface area contributed by atoms with Gasteiger partial charge >= 0.3 is 6.01 Å². The van der Waals surface area contributed by atoms with Gasteiger partial charge in [0.2, 0.25) is 0 Å². The minimum Gasteiger partial charge on any atom is -0.464 e. The highest BCUT2D eigenvalue weighted by Crippen LogP contribution is 2.29. The molecule has 1 fully saturated rings. The van der Waals surface area contributed by atoms with Gasteiger partial charge in [-0.05, 0) is 43.7 Å². The molecular formula is C23H25N5O3. The van der Waals surface area contributed by atoms with Crippen molar-refractivity contribution in [1.82, 2.24) is 15.0 Å². The molecule has 3 aromatic rings. The first kappa shape index (κ1) is 20.7. The van der Waals surface area contributed by atoms with Crippen molar-refractivity contribution in [3.63, 3.8) is 0 Å². The van der Waals surface area contributed by atoms with E-state index in [1.807, 2.05) is 38.1 Å². The van der Waals surface area contributed by atoms with Crippen LogP contribution in [0, 0.1) is 6.92 Å². The maximum atomic E-state index is 12.5. The summed E-state index contributed by atoms with van der Waals surface area (Å²) in [5, 5.41) is 2.95. The van der Waals surface area contributed by atoms with Crippen LogP contribution in [0.2, 0.25) is 0 Å². The third-order valence-electron chi connectivity index (χ3n) is 5.01. The molecule has 1 aromatic carbocycles. The number of ether oxygens (including phenoxy) is 2. The average Bonchev–Trinajstić information content (AvgIpc) is 2.81. The minimum absolute atomic E-state index is 0.191. The van der Waals surface area contributed by atoms with Gasteiger partial charge in [-0.3, -0.25) is 9.78 Å². The van der Waals surface area contributed by atoms with E-state index in [4.69, 9.17) is 9.47 Å². The maximum absolute atomic E-state index is 12.5. The molecule has 2 aromatic heterocycles. The summed E-state index contributed by atoms with van der Waals surface area (Å²) < 4.78 is 11.1. The quantitative estimate of drug-likeness (QED) is 0.655. The van der Waals surface area contributed by atoms with Gasteiger partial charge in [-0.2, -0.15) is 9.97 Å². The van der Waals surface area contributed by atoms with Crippen molar-refractivity contribution in [3.8, 4) is 17.3 Å². The third-order valence-corrected chi connectivity index (χ3v) is 5.01. The molecule has 0 bridgehead atoms. The Bertz CT molecular complexity index is 1050. The molecule has 160 valence electrons. The van der Waals surface area contributed by atoms with Gasteiger partial charge in [0.15, 0.2) is 0 Å². The predicted molar refractivity (Wildman–Crippen MR) is 119 cm³/mol. The highest BCUT2D eigenvalue weighted by atomic mass is 16.5. The van der Waals surface area contributed by atoms with E-state index in [2.05, 4.69) is 25.2 Å². The number of anilines is 2. The highest BCUT2D eigenvalue weighted by Gasteiger charge is 2.17. The summed E-state index contributed by atoms with van der Waals surface area (Å²) in [6, 6.07) is 11.4. The van der Waals surface area contributed by atoms with Crippen molar-refractivity contribution in [2.45, 2.75) is 13.8 Å². The normalized spacial score (nSPS) is 13.7. The largest absolute Gasteiger partial charge is 0.464 e. The molecular weight excluding hydrogens is 394 g/mol. The Morgan fingerprint density at radius 1 is 1.13 bits per heavy atom. The summed E-state index contributed by atoms with van der Waals surface area (Å²) in [4.78, 5) is 27.9. The first-order chi connectivity index (χ1) is 15.1. The molecule has 1 N–H and O–H groups in total. The molecule has 0 unspecified atom stereocenters. The Morgan fingerprint density at radius 2 is 1.90 bits per heavy atom. The van der Waals surface area contributed by atoms with Crippen LogP contribution in [-0.2, 0) is 4.74 Å². The van der Waals surface area contributed by atoms with E-state index >= 15 is 0 Å². The molecule has 1 saturated heterocycles. The fourth-order valence-corrected chi connectivity index (χ4v) is 3.38. The van der Waals surface area contributed by atoms with E-state index in [1.165, 1.54) is 0 Å². The number of nitrogens with one attached hydrogen (secondary N) is 1. The summed E-state index contributed by atoms with van der Waals surface area (Å²) in [7, 11) is 0. The summed E-state index contributed by atoms with van der Waals surface area (Å²) in [5.41, 5.74) is 3.93. The maximum Gasteiger partial charge on any atom is 0.318 e. The molecule has 3 heterocycles. The Balaban J connectivity index is 1.67. The molecule has 1 aliphatic heterocycles. The van der Waals surface area contributed by atoms with Crippen LogP contribution in [0.5, 0.6) is 6.01 Å². The Kier molecular flexibility index (Phi) is 6.37. The second-order valence-corrected chi connectivity index (χ2v) is 7.15. The number of hydrogen-bond acceptors (Lipinski definition) is 7. The van der Waals surface area contributed by atoms with Crippen molar-refractivity contribution in [2.75, 3.05) is 43.1 Å². The number of aromatic nitrogens is 3. The van der Waals surface area contributed by atoms with Crippen molar-refractivity contribution in [1.29, 1.82) is 0 Å². The first-order valence-corrected chi connectivity index (χ1v) is 10.3. The second kappa shape index (κ2) is 9.53. The Labute approximate surface area is 181 Å². The number of benzene rings is 1. The lowest BCUT2D eigenvalue weighted by Crippen LogP contribution is -2.36. The zero-order chi connectivity index (χ0) is 21.6. The summed E-state index contributed by atoms with van der Waals surface area (Å²) in [6.45, 7) is 7.27. The number of amides is 1. The van der Waals surface area contributed by atoms with Gasteiger partial charge in [0.1, 0.15) is 5.82 Å². The van der Waals surface area contributed by atoms with Crippen molar-refractivity contribution in [2.24, 2.45) is 0 Å². The minimum atomic E-state index is -0.191. The smallest absolute Gasteiger partial charge is 0.318 e. The SMILES string of the molecule is CCOc1nc(-c2cc(NC(=O)c3ccncc3)ccc2C)cc(N2CCOCC2)n1. The zero-order valence-corrected chi connectivity index (χ0v) is 17.7. The van der Waals surface area contributed by atoms with Gasteiger partial charge in [-0.25, -0.2) is 0 Å². The molecule has 8 heteroatoms. The van der Waals surface area contributed by atoms with Crippen LogP contribution in [0.1, 0.15) is 22.8 Å². The molecule has 31 heavy (non-hydrogen) atoms. The zero-order valence-electron chi connectivity index (χ0n) is 17.7. The number of rotatable bonds is 6. The van der Waals surface area contributed by atoms with Crippen LogP contribution < -0.4 is 15.0 Å². The van der Waals surface area contributed by atoms with Crippen LogP contribution in [0.3, 0.4) is 0 Å². The fraction of sp³-hybridized carbons (Fsp3) is 0.304. The van der Waals surface area contributed by atoms with Crippen LogP contribution in [0.25, 0.3) is 11.3 Å². The lowest BCUT2D eigenvalue weighted by Gasteiger charge is -2.28. The number of nitrogens with zero attached hydrogens (tertiary/aromatic N) is 4. The van der Waals surface area contributed by atoms with Gasteiger partial charge in [-0.15, -0.1) is 0 Å². The summed E-state index contributed by atoms with van der Waals surface area (Å²) >= 11 is 0. The number of morpholine rings is 1. The molecule has 0 atom stereocenters. The van der Waals surface area contributed by atoms with E-state index in [9.17, 15) is 4.79 Å². The van der Waals surface area contributed by atoms with E-state index in [-0.39, 0.29) is 5.91 Å². The van der Waals surface area contributed by atoms with Gasteiger partial charge in [0.25, 0.3) is 5.91 Å². The van der Waals surface area contributed by atoms with E-state index < -0.39 is 0 Å². The van der Waals surface area contributed by atoms with E-state index in [1.54, 1.807) is 24.5 Å². The van der Waals surface area contributed by atoms with E-state index in [0.717, 1.165) is 35.7 Å². The Morgan fingerprint density at radius 3 is 2.65 bits per heavy atom. The van der Waals surface area contributed by atoms with Crippen molar-refractivity contribution in [3.05, 3.63) is 59.9 Å². The number of carbonyl (C=O) groups excluding carboxylic acids is 1. The van der Waals surface area contributed by atoms with Crippen LogP contribution in [0.15, 0.2) is 48.8 Å². The molecule has 4 rings (SSSR count). The van der Waals surface area contributed by atoms with Gasteiger partial charge in [-0.1, -0.05) is 6.07 Å². The number of carbonyl (C=O) groups is 1. The highest BCUT2D eigenvalue weighted by molar-refractivity contribution is 6.04. The number of aryl methyl sites for hydroxylation is 1. The predicted octanol–water partition coefficient (Wildman–Crippen LogP) is 3.33. The molecule has 8 nitrogen and oxygen atoms in total. The number of pyridine rings is 1. The summed E-state index contributed by atoms with van der Waals surface area (Å²) in [6.07, 6.45) is 3.19. The van der Waals surface area contributed by atoms with Crippen molar-refractivity contribution < 1.29 is 14.3 Å². The molecule has 0 saturated carbocycles. The molecule has 1 amide bonds. The van der Waals surface area contributed by atoms with Crippen LogP contribution in [-0.4, -0.2) is 53.8 Å². The van der Waals surface area contributed by atoms with Gasteiger partial charge in [0.05, 0.1) is 25.5 Å². The lowest BCUT2D eigenvalue weighted by atomic mass is 10.0. The molecule has 0 radical (unpaired) electrons. The fourth-order valence-electron chi connectivity index (χ4n) is 3.38.